The minimum atomic E-state index is -1.80. The van der Waals surface area contributed by atoms with Gasteiger partial charge >= 0.3 is 0 Å². The van der Waals surface area contributed by atoms with Gasteiger partial charge in [0.25, 0.3) is 12.0 Å². The van der Waals surface area contributed by atoms with E-state index < -0.39 is 59.6 Å². The number of carbonyl (C=O) groups is 4. The number of carbonyl (C=O) groups excluding carboxylic acids is 4. The molecule has 2 unspecified atom stereocenters. The second-order valence-corrected chi connectivity index (χ2v) is 12.7. The zero-order chi connectivity index (χ0) is 35.8. The van der Waals surface area contributed by atoms with Crippen molar-refractivity contribution in [3.63, 3.8) is 0 Å². The molecule has 1 saturated heterocycles. The number of nitrogens with zero attached hydrogens (tertiary/aromatic N) is 4. The molecule has 5 atom stereocenters. The van der Waals surface area contributed by atoms with Crippen molar-refractivity contribution < 1.29 is 37.1 Å². The first-order valence-electron chi connectivity index (χ1n) is 16.6. The van der Waals surface area contributed by atoms with Gasteiger partial charge in [-0.2, -0.15) is 13.9 Å². The first kappa shape index (κ1) is 37.6. The number of piperazine rings is 1. The molecule has 1 aromatic carbocycles. The molecule has 12 nitrogen and oxygen atoms in total. The Labute approximate surface area is 284 Å². The minimum Gasteiger partial charge on any atom is -0.372 e. The molecule has 1 saturated carbocycles. The van der Waals surface area contributed by atoms with Gasteiger partial charge in [0.1, 0.15) is 29.7 Å². The number of methoxy groups -OCH3 is 1. The highest BCUT2D eigenvalue weighted by molar-refractivity contribution is 6.01. The summed E-state index contributed by atoms with van der Waals surface area (Å²) in [5.41, 5.74) is 0.326. The Bertz CT molecular complexity index is 1540. The number of allylic oxidation sites excluding steroid dienone is 1. The van der Waals surface area contributed by atoms with Crippen LogP contribution in [0.3, 0.4) is 0 Å². The van der Waals surface area contributed by atoms with Crippen LogP contribution in [0.5, 0.6) is 0 Å². The van der Waals surface area contributed by atoms with Crippen molar-refractivity contribution in [2.45, 2.75) is 77.1 Å². The van der Waals surface area contributed by atoms with Gasteiger partial charge in [-0.15, -0.1) is 0 Å². The Kier molecular flexibility index (Phi) is 13.0. The van der Waals surface area contributed by atoms with Crippen LogP contribution in [0.4, 0.5) is 18.9 Å². The van der Waals surface area contributed by atoms with E-state index in [0.717, 1.165) is 0 Å². The van der Waals surface area contributed by atoms with Crippen LogP contribution in [0.25, 0.3) is 0 Å². The fraction of sp³-hybridized carbons (Fsp3) is 0.559. The van der Waals surface area contributed by atoms with E-state index in [4.69, 9.17) is 4.74 Å². The van der Waals surface area contributed by atoms with Gasteiger partial charge in [0, 0.05) is 51.9 Å². The molecule has 3 N–H and O–H groups in total. The average molecular weight is 690 g/mol. The number of aryl methyl sites for hydroxylation is 1. The van der Waals surface area contributed by atoms with Crippen molar-refractivity contribution in [2.24, 2.45) is 5.92 Å². The monoisotopic (exact) mass is 689 g/mol. The molecule has 268 valence electrons. The molecule has 2 fully saturated rings. The van der Waals surface area contributed by atoms with Crippen LogP contribution >= 0.6 is 0 Å². The average Bonchev–Trinajstić information content (AvgIpc) is 3.59. The zero-order valence-electron chi connectivity index (χ0n) is 28.6. The van der Waals surface area contributed by atoms with E-state index in [1.54, 1.807) is 31.7 Å². The summed E-state index contributed by atoms with van der Waals surface area (Å²) in [6.45, 7) is 7.73. The van der Waals surface area contributed by atoms with Crippen molar-refractivity contribution in [1.82, 2.24) is 30.2 Å². The molecule has 2 heterocycles. The van der Waals surface area contributed by atoms with Gasteiger partial charge in [-0.3, -0.25) is 23.9 Å². The number of anilines is 1. The first-order chi connectivity index (χ1) is 23.3. The third-order valence-electron chi connectivity index (χ3n) is 9.50. The standard InChI is InChI=1S/C34H46F3N7O5/c1-6-44-27(12-13-38-44)32(46)41-29(23-8-7-9-24(18-23)30(36)37)33(47)39-26-11-10-22(19-25(26)35)20(2)28(40-31(45)21(3)49-5)34(48)43-16-14-42(4)15-17-43/h10-13,19-21,23,28-29H,6-9,14-18H2,1-5H3,(H,39,47)(H,40,45)(H,41,46)/t20-,21-,23?,28+,29?/m0/s1. The van der Waals surface area contributed by atoms with Crippen LogP contribution in [0.15, 0.2) is 42.1 Å². The Hall–Kier alpha value is -4.24. The predicted molar refractivity (Wildman–Crippen MR) is 176 cm³/mol. The summed E-state index contributed by atoms with van der Waals surface area (Å²) in [5, 5.41) is 12.1. The normalized spacial score (nSPS) is 19.4. The molecule has 15 heteroatoms. The predicted octanol–water partition coefficient (Wildman–Crippen LogP) is 3.52. The molecule has 0 radical (unpaired) electrons. The number of hydrogen-bond donors (Lipinski definition) is 3. The lowest BCUT2D eigenvalue weighted by molar-refractivity contribution is -0.140. The number of ether oxygens (including phenoxy) is 1. The van der Waals surface area contributed by atoms with Gasteiger partial charge in [-0.1, -0.05) is 13.0 Å². The van der Waals surface area contributed by atoms with E-state index in [9.17, 15) is 28.0 Å². The first-order valence-corrected chi connectivity index (χ1v) is 16.6. The number of amides is 4. The number of hydrogen-bond acceptors (Lipinski definition) is 7. The number of rotatable bonds is 12. The Balaban J connectivity index is 1.57. The van der Waals surface area contributed by atoms with Crippen LogP contribution in [0.1, 0.15) is 68.4 Å². The molecule has 2 aromatic rings. The number of nitrogens with one attached hydrogen (secondary N) is 3. The largest absolute Gasteiger partial charge is 0.372 e. The molecule has 1 aliphatic heterocycles. The molecule has 0 spiro atoms. The van der Waals surface area contributed by atoms with Crippen LogP contribution in [0, 0.1) is 11.7 Å². The minimum absolute atomic E-state index is 0.0703. The number of benzene rings is 1. The molecular formula is C34H46F3N7O5. The second kappa shape index (κ2) is 16.9. The lowest BCUT2D eigenvalue weighted by Gasteiger charge is -2.36. The second-order valence-electron chi connectivity index (χ2n) is 12.7. The fourth-order valence-electron chi connectivity index (χ4n) is 6.27. The van der Waals surface area contributed by atoms with Crippen LogP contribution in [-0.4, -0.2) is 102 Å². The summed E-state index contributed by atoms with van der Waals surface area (Å²) in [4.78, 5) is 57.2. The quantitative estimate of drug-likeness (QED) is 0.310. The number of halogens is 3. The van der Waals surface area contributed by atoms with E-state index in [-0.39, 0.29) is 35.7 Å². The molecule has 49 heavy (non-hydrogen) atoms. The third-order valence-corrected chi connectivity index (χ3v) is 9.50. The van der Waals surface area contributed by atoms with Crippen molar-refractivity contribution in [3.05, 3.63) is 59.2 Å². The van der Waals surface area contributed by atoms with E-state index >= 15 is 4.39 Å². The number of likely N-dealkylation sites (N-methyl/N-ethyl adjacent to an activating group) is 1. The van der Waals surface area contributed by atoms with E-state index in [1.165, 1.54) is 36.2 Å². The summed E-state index contributed by atoms with van der Waals surface area (Å²) >= 11 is 0. The van der Waals surface area contributed by atoms with Crippen molar-refractivity contribution in [3.8, 4) is 0 Å². The summed E-state index contributed by atoms with van der Waals surface area (Å²) in [6, 6.07) is 3.30. The summed E-state index contributed by atoms with van der Waals surface area (Å²) in [7, 11) is 3.34. The zero-order valence-corrected chi connectivity index (χ0v) is 28.6. The Morgan fingerprint density at radius 2 is 1.76 bits per heavy atom. The van der Waals surface area contributed by atoms with Crippen LogP contribution in [-0.2, 0) is 25.7 Å². The molecular weight excluding hydrogens is 643 g/mol. The Morgan fingerprint density at radius 3 is 2.39 bits per heavy atom. The highest BCUT2D eigenvalue weighted by atomic mass is 19.3. The van der Waals surface area contributed by atoms with Gasteiger partial charge in [-0.05, 0) is 81.8 Å². The maximum absolute atomic E-state index is 15.7. The number of aromatic nitrogens is 2. The van der Waals surface area contributed by atoms with Crippen LogP contribution in [0.2, 0.25) is 0 Å². The smallest absolute Gasteiger partial charge is 0.270 e. The van der Waals surface area contributed by atoms with Crippen LogP contribution < -0.4 is 16.0 Å². The molecule has 4 amide bonds. The van der Waals surface area contributed by atoms with Gasteiger partial charge < -0.3 is 30.5 Å². The molecule has 4 rings (SSSR count). The summed E-state index contributed by atoms with van der Waals surface area (Å²) in [5.74, 6) is -4.30. The van der Waals surface area contributed by atoms with E-state index in [1.807, 2.05) is 7.05 Å². The highest BCUT2D eigenvalue weighted by Crippen LogP contribution is 2.34. The highest BCUT2D eigenvalue weighted by Gasteiger charge is 2.36. The van der Waals surface area contributed by atoms with E-state index in [2.05, 4.69) is 25.9 Å². The molecule has 0 bridgehead atoms. The molecule has 1 aliphatic carbocycles. The summed E-state index contributed by atoms with van der Waals surface area (Å²) < 4.78 is 49.4. The van der Waals surface area contributed by atoms with Crippen molar-refractivity contribution in [1.29, 1.82) is 0 Å². The SMILES string of the molecule is CCn1nccc1C(=O)NC(C(=O)Nc1ccc([C@H](C)[C@@H](NC(=O)[C@H](C)OC)C(=O)N2CCN(C)CC2)cc1F)C1CCCC(=C(F)F)C1. The van der Waals surface area contributed by atoms with Gasteiger partial charge in [0.05, 0.1) is 5.69 Å². The van der Waals surface area contributed by atoms with Crippen molar-refractivity contribution in [2.75, 3.05) is 45.7 Å². The third kappa shape index (κ3) is 9.26. The fourth-order valence-corrected chi connectivity index (χ4v) is 6.27. The lowest BCUT2D eigenvalue weighted by Crippen LogP contribution is -2.56. The van der Waals surface area contributed by atoms with Crippen molar-refractivity contribution >= 4 is 29.3 Å². The van der Waals surface area contributed by atoms with E-state index in [0.29, 0.717) is 51.1 Å². The lowest BCUT2D eigenvalue weighted by atomic mass is 9.81. The van der Waals surface area contributed by atoms with Gasteiger partial charge in [0.15, 0.2) is 0 Å². The van der Waals surface area contributed by atoms with Gasteiger partial charge in [0.2, 0.25) is 17.7 Å². The topological polar surface area (TPSA) is 138 Å². The summed E-state index contributed by atoms with van der Waals surface area (Å²) in [6.07, 6.45) is -0.275. The maximum Gasteiger partial charge on any atom is 0.270 e. The Morgan fingerprint density at radius 1 is 1.04 bits per heavy atom. The maximum atomic E-state index is 15.7. The molecule has 2 aliphatic rings. The molecule has 1 aromatic heterocycles. The van der Waals surface area contributed by atoms with Gasteiger partial charge in [-0.25, -0.2) is 4.39 Å².